The van der Waals surface area contributed by atoms with Gasteiger partial charge in [0, 0.05) is 0 Å². The first-order chi connectivity index (χ1) is 11.9. The first-order valence-corrected chi connectivity index (χ1v) is 9.78. The van der Waals surface area contributed by atoms with Crippen molar-refractivity contribution in [2.24, 2.45) is 39.9 Å². The van der Waals surface area contributed by atoms with Crippen molar-refractivity contribution in [3.63, 3.8) is 0 Å². The normalized spacial score (nSPS) is 58.1. The molecule has 4 N–H and O–H groups in total. The number of hydrogen-bond acceptors (Lipinski definition) is 4. The van der Waals surface area contributed by atoms with E-state index in [1.54, 1.807) is 0 Å². The molecule has 6 heteroatoms. The first kappa shape index (κ1) is 18.2. The Hall–Kier alpha value is -1.14. The molecule has 4 rings (SSSR count). The summed E-state index contributed by atoms with van der Waals surface area (Å²) in [6.07, 6.45) is 2.75. The summed E-state index contributed by atoms with van der Waals surface area (Å²) < 4.78 is 0. The van der Waals surface area contributed by atoms with E-state index in [4.69, 9.17) is 0 Å². The van der Waals surface area contributed by atoms with Crippen LogP contribution in [0.2, 0.25) is 0 Å². The number of aliphatic hydroxyl groups excluding tert-OH is 1. The van der Waals surface area contributed by atoms with Gasteiger partial charge < -0.3 is 20.4 Å². The van der Waals surface area contributed by atoms with E-state index in [-0.39, 0.29) is 11.8 Å². The van der Waals surface area contributed by atoms with Crippen molar-refractivity contribution in [1.82, 2.24) is 0 Å². The van der Waals surface area contributed by atoms with Crippen molar-refractivity contribution < 1.29 is 30.0 Å². The van der Waals surface area contributed by atoms with Crippen LogP contribution in [0.25, 0.3) is 0 Å². The van der Waals surface area contributed by atoms with E-state index in [1.807, 2.05) is 13.8 Å². The predicted molar refractivity (Wildman–Crippen MR) is 92.2 cm³/mol. The van der Waals surface area contributed by atoms with E-state index in [0.29, 0.717) is 25.7 Å². The molecule has 0 aromatic rings. The van der Waals surface area contributed by atoms with Crippen LogP contribution in [0, 0.1) is 39.9 Å². The van der Waals surface area contributed by atoms with Gasteiger partial charge in [0.25, 0.3) is 0 Å². The lowest BCUT2D eigenvalue weighted by atomic mass is 9.52. The molecule has 2 bridgehead atoms. The van der Waals surface area contributed by atoms with Crippen LogP contribution in [0.15, 0.2) is 0 Å². The molecular weight excluding hydrogens is 336 g/mol. The van der Waals surface area contributed by atoms with Crippen molar-refractivity contribution >= 4 is 11.9 Å². The summed E-state index contributed by atoms with van der Waals surface area (Å²) >= 11 is 0. The molecule has 4 saturated carbocycles. The van der Waals surface area contributed by atoms with Crippen LogP contribution in [0.3, 0.4) is 0 Å². The van der Waals surface area contributed by atoms with Crippen LogP contribution in [0.1, 0.15) is 59.3 Å². The lowest BCUT2D eigenvalue weighted by Crippen LogP contribution is -2.57. The van der Waals surface area contributed by atoms with Gasteiger partial charge in [-0.1, -0.05) is 6.92 Å². The first-order valence-electron chi connectivity index (χ1n) is 9.78. The highest BCUT2D eigenvalue weighted by Gasteiger charge is 2.78. The highest BCUT2D eigenvalue weighted by Crippen LogP contribution is 2.78. The van der Waals surface area contributed by atoms with E-state index in [2.05, 4.69) is 0 Å². The molecule has 6 nitrogen and oxygen atoms in total. The summed E-state index contributed by atoms with van der Waals surface area (Å²) in [5.74, 6) is -3.40. The third-order valence-corrected chi connectivity index (χ3v) is 9.17. The van der Waals surface area contributed by atoms with Crippen LogP contribution in [-0.4, -0.2) is 44.1 Å². The zero-order chi connectivity index (χ0) is 19.3. The molecular formula is C20H30O6. The molecule has 4 fully saturated rings. The lowest BCUT2D eigenvalue weighted by Gasteiger charge is -2.52. The van der Waals surface area contributed by atoms with Crippen LogP contribution < -0.4 is 0 Å². The number of carboxylic acids is 2. The van der Waals surface area contributed by atoms with Gasteiger partial charge in [-0.15, -0.1) is 0 Å². The van der Waals surface area contributed by atoms with E-state index in [9.17, 15) is 30.0 Å². The third-order valence-electron chi connectivity index (χ3n) is 9.17. The SMILES string of the molecule is C[C@@]12CC[C@H](O)[C@@](C)(C(=O)O)[C@H]1[C@H](C(=O)O)[C@@]13CC(CC[C@@H]21)[C@](C)(O)C3. The van der Waals surface area contributed by atoms with Gasteiger partial charge in [-0.2, -0.15) is 0 Å². The number of aliphatic carboxylic acids is 2. The molecule has 1 spiro atoms. The average molecular weight is 366 g/mol. The fourth-order valence-corrected chi connectivity index (χ4v) is 8.24. The maximum Gasteiger partial charge on any atom is 0.312 e. The van der Waals surface area contributed by atoms with Gasteiger partial charge >= 0.3 is 11.9 Å². The Morgan fingerprint density at radius 3 is 2.27 bits per heavy atom. The molecule has 4 aliphatic carbocycles. The van der Waals surface area contributed by atoms with Gasteiger partial charge in [0.05, 0.1) is 23.0 Å². The summed E-state index contributed by atoms with van der Waals surface area (Å²) in [5, 5.41) is 41.9. The van der Waals surface area contributed by atoms with Gasteiger partial charge in [0.1, 0.15) is 0 Å². The second-order valence-electron chi connectivity index (χ2n) is 10.2. The number of carbonyl (C=O) groups is 2. The van der Waals surface area contributed by atoms with E-state index >= 15 is 0 Å². The summed E-state index contributed by atoms with van der Waals surface area (Å²) in [4.78, 5) is 24.8. The Morgan fingerprint density at radius 2 is 1.69 bits per heavy atom. The third kappa shape index (κ3) is 1.85. The van der Waals surface area contributed by atoms with Gasteiger partial charge in [-0.05, 0) is 81.0 Å². The van der Waals surface area contributed by atoms with E-state index in [0.717, 1.165) is 12.8 Å². The smallest absolute Gasteiger partial charge is 0.312 e. The van der Waals surface area contributed by atoms with E-state index in [1.165, 1.54) is 6.92 Å². The largest absolute Gasteiger partial charge is 0.481 e. The molecule has 0 saturated heterocycles. The van der Waals surface area contributed by atoms with Gasteiger partial charge in [0.2, 0.25) is 0 Å². The molecule has 0 aliphatic heterocycles. The number of rotatable bonds is 2. The van der Waals surface area contributed by atoms with Crippen molar-refractivity contribution in [2.75, 3.05) is 0 Å². The standard InChI is InChI=1S/C20H30O6/c1-17-7-6-12(21)19(3,16(24)25)14(17)13(15(22)23)20-8-10(4-5-11(17)20)18(2,26)9-20/h10-14,21,26H,4-9H2,1-3H3,(H,22,23)(H,24,25)/t10?,11-,12-,13+,14-,17-,18+,19+,20+/m0/s1. The molecule has 9 atom stereocenters. The van der Waals surface area contributed by atoms with Crippen LogP contribution >= 0.6 is 0 Å². The van der Waals surface area contributed by atoms with Crippen LogP contribution in [0.4, 0.5) is 0 Å². The number of carboxylic acid groups (broad SMARTS) is 2. The van der Waals surface area contributed by atoms with Crippen LogP contribution in [0.5, 0.6) is 0 Å². The number of aliphatic hydroxyl groups is 2. The minimum absolute atomic E-state index is 0.0744. The summed E-state index contributed by atoms with van der Waals surface area (Å²) in [7, 11) is 0. The van der Waals surface area contributed by atoms with Crippen molar-refractivity contribution in [1.29, 1.82) is 0 Å². The zero-order valence-electron chi connectivity index (χ0n) is 15.7. The molecule has 146 valence electrons. The fourth-order valence-electron chi connectivity index (χ4n) is 8.24. The van der Waals surface area contributed by atoms with Gasteiger partial charge in [0.15, 0.2) is 0 Å². The molecule has 1 unspecified atom stereocenters. The fraction of sp³-hybridized carbons (Fsp3) is 0.900. The quantitative estimate of drug-likeness (QED) is 0.595. The van der Waals surface area contributed by atoms with Crippen molar-refractivity contribution in [3.05, 3.63) is 0 Å². The molecule has 0 aromatic heterocycles. The Balaban J connectivity index is 1.94. The van der Waals surface area contributed by atoms with Crippen molar-refractivity contribution in [2.45, 2.75) is 71.0 Å². The second kappa shape index (κ2) is 5.02. The summed E-state index contributed by atoms with van der Waals surface area (Å²) in [6.45, 7) is 5.40. The Labute approximate surface area is 153 Å². The molecule has 0 aromatic carbocycles. The predicted octanol–water partition coefficient (Wildman–Crippen LogP) is 2.13. The van der Waals surface area contributed by atoms with Crippen LogP contribution in [-0.2, 0) is 9.59 Å². The maximum atomic E-state index is 12.5. The molecule has 26 heavy (non-hydrogen) atoms. The highest BCUT2D eigenvalue weighted by atomic mass is 16.4. The van der Waals surface area contributed by atoms with Gasteiger partial charge in [-0.25, -0.2) is 0 Å². The zero-order valence-corrected chi connectivity index (χ0v) is 15.7. The molecule has 0 radical (unpaired) electrons. The number of hydrogen-bond donors (Lipinski definition) is 4. The van der Waals surface area contributed by atoms with E-state index < -0.39 is 51.7 Å². The Morgan fingerprint density at radius 1 is 1.04 bits per heavy atom. The Kier molecular flexibility index (Phi) is 3.52. The molecule has 0 heterocycles. The second-order valence-corrected chi connectivity index (χ2v) is 10.2. The van der Waals surface area contributed by atoms with Gasteiger partial charge in [-0.3, -0.25) is 9.59 Å². The average Bonchev–Trinajstić information content (AvgIpc) is 2.88. The topological polar surface area (TPSA) is 115 Å². The monoisotopic (exact) mass is 366 g/mol. The maximum absolute atomic E-state index is 12.5. The van der Waals surface area contributed by atoms with Crippen molar-refractivity contribution in [3.8, 4) is 0 Å². The minimum Gasteiger partial charge on any atom is -0.481 e. The highest BCUT2D eigenvalue weighted by molar-refractivity contribution is 5.80. The number of fused-ring (bicyclic) bond motifs is 3. The molecule has 0 amide bonds. The summed E-state index contributed by atoms with van der Waals surface area (Å²) in [5.41, 5.74) is -3.39. The summed E-state index contributed by atoms with van der Waals surface area (Å²) in [6, 6.07) is 0. The Bertz CT molecular complexity index is 673. The minimum atomic E-state index is -1.48. The molecule has 4 aliphatic rings. The lowest BCUT2D eigenvalue weighted by molar-refractivity contribution is -0.182.